The lowest BCUT2D eigenvalue weighted by atomic mass is 10.1. The quantitative estimate of drug-likeness (QED) is 0.628. The molecule has 0 saturated carbocycles. The number of benzene rings is 3. The molecule has 0 aromatic heterocycles. The number of rotatable bonds is 4. The molecule has 0 fully saturated rings. The van der Waals surface area contributed by atoms with Crippen molar-refractivity contribution in [2.45, 2.75) is 6.92 Å². The summed E-state index contributed by atoms with van der Waals surface area (Å²) in [6.07, 6.45) is 0. The minimum Gasteiger partial charge on any atom is -0.453 e. The van der Waals surface area contributed by atoms with Crippen molar-refractivity contribution >= 4 is 0 Å². The van der Waals surface area contributed by atoms with Gasteiger partial charge in [-0.05, 0) is 61.0 Å². The molecule has 0 amide bonds. The molecule has 136 valence electrons. The first kappa shape index (κ1) is 19.0. The van der Waals surface area contributed by atoms with E-state index in [0.717, 1.165) is 5.56 Å². The van der Waals surface area contributed by atoms with Gasteiger partial charge in [-0.2, -0.15) is 21.0 Å². The second kappa shape index (κ2) is 8.28. The monoisotopic (exact) mass is 376 g/mol. The molecule has 0 aliphatic rings. The largest absolute Gasteiger partial charge is 0.453 e. The van der Waals surface area contributed by atoms with Gasteiger partial charge in [0.25, 0.3) is 0 Å². The van der Waals surface area contributed by atoms with Crippen LogP contribution in [0.25, 0.3) is 0 Å². The zero-order valence-electron chi connectivity index (χ0n) is 15.3. The second-order valence-electron chi connectivity index (χ2n) is 6.02. The predicted octanol–water partition coefficient (Wildman–Crippen LogP) is 5.07. The van der Waals surface area contributed by atoms with E-state index in [2.05, 4.69) is 0 Å². The van der Waals surface area contributed by atoms with Crippen LogP contribution in [0.15, 0.2) is 54.6 Å². The first-order chi connectivity index (χ1) is 14.1. The third-order valence-electron chi connectivity index (χ3n) is 4.02. The fraction of sp³-hybridized carbons (Fsp3) is 0.0435. The van der Waals surface area contributed by atoms with Crippen LogP contribution in [0.1, 0.15) is 27.8 Å². The SMILES string of the molecule is Cc1ccc(Oc2ccc(C#N)c(C#N)c2)c(Oc2ccc(C#N)c(C#N)c2)c1. The van der Waals surface area contributed by atoms with Crippen LogP contribution in [-0.4, -0.2) is 0 Å². The van der Waals surface area contributed by atoms with Gasteiger partial charge in [0, 0.05) is 0 Å². The molecule has 0 N–H and O–H groups in total. The molecule has 0 bridgehead atoms. The number of ether oxygens (including phenoxy) is 2. The van der Waals surface area contributed by atoms with Crippen molar-refractivity contribution in [3.63, 3.8) is 0 Å². The summed E-state index contributed by atoms with van der Waals surface area (Å²) >= 11 is 0. The molecule has 3 rings (SSSR count). The van der Waals surface area contributed by atoms with Gasteiger partial charge in [-0.1, -0.05) is 6.07 Å². The van der Waals surface area contributed by atoms with Gasteiger partial charge in [0.15, 0.2) is 11.5 Å². The Kier molecular flexibility index (Phi) is 5.42. The van der Waals surface area contributed by atoms with Crippen molar-refractivity contribution in [2.24, 2.45) is 0 Å². The molecule has 0 atom stereocenters. The molecule has 6 heteroatoms. The summed E-state index contributed by atoms with van der Waals surface area (Å²) in [4.78, 5) is 0. The maximum atomic E-state index is 9.20. The molecule has 0 aliphatic carbocycles. The summed E-state index contributed by atoms with van der Waals surface area (Å²) in [5.74, 6) is 1.56. The average molecular weight is 376 g/mol. The van der Waals surface area contributed by atoms with E-state index >= 15 is 0 Å². The van der Waals surface area contributed by atoms with Crippen LogP contribution in [0.5, 0.6) is 23.0 Å². The minimum absolute atomic E-state index is 0.213. The number of nitrogens with zero attached hydrogens (tertiary/aromatic N) is 4. The van der Waals surface area contributed by atoms with E-state index in [1.54, 1.807) is 24.3 Å². The van der Waals surface area contributed by atoms with E-state index in [1.807, 2.05) is 37.3 Å². The van der Waals surface area contributed by atoms with E-state index in [0.29, 0.717) is 23.0 Å². The topological polar surface area (TPSA) is 114 Å². The smallest absolute Gasteiger partial charge is 0.170 e. The van der Waals surface area contributed by atoms with Crippen molar-refractivity contribution in [3.05, 3.63) is 82.4 Å². The van der Waals surface area contributed by atoms with E-state index in [1.165, 1.54) is 24.3 Å². The van der Waals surface area contributed by atoms with Crippen molar-refractivity contribution in [1.82, 2.24) is 0 Å². The summed E-state index contributed by atoms with van der Waals surface area (Å²) in [6.45, 7) is 1.89. The highest BCUT2D eigenvalue weighted by atomic mass is 16.5. The van der Waals surface area contributed by atoms with Crippen LogP contribution in [-0.2, 0) is 0 Å². The molecule has 3 aromatic carbocycles. The van der Waals surface area contributed by atoms with Crippen molar-refractivity contribution < 1.29 is 9.47 Å². The molecule has 0 saturated heterocycles. The molecule has 29 heavy (non-hydrogen) atoms. The van der Waals surface area contributed by atoms with E-state index in [9.17, 15) is 10.5 Å². The van der Waals surface area contributed by atoms with E-state index in [-0.39, 0.29) is 22.3 Å². The number of aryl methyl sites for hydroxylation is 1. The van der Waals surface area contributed by atoms with Crippen LogP contribution < -0.4 is 9.47 Å². The molecule has 0 unspecified atom stereocenters. The Labute approximate surface area is 167 Å². The number of nitriles is 4. The Balaban J connectivity index is 1.96. The average Bonchev–Trinajstić information content (AvgIpc) is 2.75. The van der Waals surface area contributed by atoms with Crippen molar-refractivity contribution in [2.75, 3.05) is 0 Å². The summed E-state index contributed by atoms with van der Waals surface area (Å²) in [6, 6.07) is 22.4. The van der Waals surface area contributed by atoms with E-state index < -0.39 is 0 Å². The Morgan fingerprint density at radius 2 is 1.03 bits per heavy atom. The lowest BCUT2D eigenvalue weighted by Crippen LogP contribution is -1.94. The highest BCUT2D eigenvalue weighted by Gasteiger charge is 2.12. The molecular weight excluding hydrogens is 364 g/mol. The van der Waals surface area contributed by atoms with E-state index in [4.69, 9.17) is 20.0 Å². The van der Waals surface area contributed by atoms with Gasteiger partial charge >= 0.3 is 0 Å². The van der Waals surface area contributed by atoms with Crippen LogP contribution in [0.3, 0.4) is 0 Å². The first-order valence-electron chi connectivity index (χ1n) is 8.43. The summed E-state index contributed by atoms with van der Waals surface area (Å²) in [5, 5.41) is 36.5. The predicted molar refractivity (Wildman–Crippen MR) is 103 cm³/mol. The summed E-state index contributed by atoms with van der Waals surface area (Å²) < 4.78 is 11.8. The lowest BCUT2D eigenvalue weighted by molar-refractivity contribution is 0.418. The Hall–Kier alpha value is -4.78. The third kappa shape index (κ3) is 4.15. The fourth-order valence-corrected chi connectivity index (χ4v) is 2.59. The van der Waals surface area contributed by atoms with Crippen molar-refractivity contribution in [1.29, 1.82) is 21.0 Å². The van der Waals surface area contributed by atoms with Crippen LogP contribution in [0.2, 0.25) is 0 Å². The van der Waals surface area contributed by atoms with Gasteiger partial charge in [-0.3, -0.25) is 0 Å². The molecule has 3 aromatic rings. The Bertz CT molecular complexity index is 1270. The molecule has 0 radical (unpaired) electrons. The van der Waals surface area contributed by atoms with Crippen molar-refractivity contribution in [3.8, 4) is 47.3 Å². The summed E-state index contributed by atoms with van der Waals surface area (Å²) in [5.41, 5.74) is 1.89. The Morgan fingerprint density at radius 3 is 1.52 bits per heavy atom. The van der Waals surface area contributed by atoms with Gasteiger partial charge in [0.05, 0.1) is 22.3 Å². The Morgan fingerprint density at radius 1 is 0.552 bits per heavy atom. The van der Waals surface area contributed by atoms with Gasteiger partial charge in [0.2, 0.25) is 0 Å². The molecular formula is C23H12N4O2. The van der Waals surface area contributed by atoms with Crippen LogP contribution in [0, 0.1) is 52.2 Å². The maximum absolute atomic E-state index is 9.20. The van der Waals surface area contributed by atoms with Crippen LogP contribution >= 0.6 is 0 Å². The maximum Gasteiger partial charge on any atom is 0.170 e. The highest BCUT2D eigenvalue weighted by Crippen LogP contribution is 2.36. The highest BCUT2D eigenvalue weighted by molar-refractivity contribution is 5.54. The number of hydrogen-bond acceptors (Lipinski definition) is 6. The molecule has 6 nitrogen and oxygen atoms in total. The zero-order valence-corrected chi connectivity index (χ0v) is 15.3. The molecule has 0 aliphatic heterocycles. The molecule has 0 spiro atoms. The van der Waals surface area contributed by atoms with Gasteiger partial charge in [0.1, 0.15) is 35.8 Å². The van der Waals surface area contributed by atoms with Crippen LogP contribution in [0.4, 0.5) is 0 Å². The number of hydrogen-bond donors (Lipinski definition) is 0. The minimum atomic E-state index is 0.213. The molecule has 0 heterocycles. The standard InChI is InChI=1S/C23H12N4O2/c1-15-2-7-22(28-20-5-3-16(11-24)18(9-20)13-26)23(8-15)29-21-6-4-17(12-25)19(10-21)14-27/h2-10H,1H3. The van der Waals surface area contributed by atoms with Gasteiger partial charge in [-0.25, -0.2) is 0 Å². The zero-order chi connectivity index (χ0) is 20.8. The third-order valence-corrected chi connectivity index (χ3v) is 4.02. The van der Waals surface area contributed by atoms with Gasteiger partial charge < -0.3 is 9.47 Å². The lowest BCUT2D eigenvalue weighted by Gasteiger charge is -2.14. The normalized spacial score (nSPS) is 9.41. The first-order valence-corrected chi connectivity index (χ1v) is 8.43. The van der Waals surface area contributed by atoms with Gasteiger partial charge in [-0.15, -0.1) is 0 Å². The fourth-order valence-electron chi connectivity index (χ4n) is 2.59. The second-order valence-corrected chi connectivity index (χ2v) is 6.02. The summed E-state index contributed by atoms with van der Waals surface area (Å²) in [7, 11) is 0.